The van der Waals surface area contributed by atoms with Gasteiger partial charge in [0.25, 0.3) is 0 Å². The Kier molecular flexibility index (Phi) is 6.63. The molecule has 1 N–H and O–H groups in total. The normalized spacial score (nSPS) is 15.9. The number of ketones is 1. The van der Waals surface area contributed by atoms with Crippen LogP contribution in [0.15, 0.2) is 42.5 Å². The molecule has 1 fully saturated rings. The van der Waals surface area contributed by atoms with Crippen LogP contribution in [0.3, 0.4) is 0 Å². The zero-order valence-electron chi connectivity index (χ0n) is 16.0. The lowest BCUT2D eigenvalue weighted by Gasteiger charge is -2.32. The van der Waals surface area contributed by atoms with Crippen LogP contribution in [0.1, 0.15) is 47.3 Å². The Morgan fingerprint density at radius 3 is 2.39 bits per heavy atom. The van der Waals surface area contributed by atoms with Crippen LogP contribution >= 0.6 is 23.2 Å². The third-order valence-electron chi connectivity index (χ3n) is 5.35. The Labute approximate surface area is 175 Å². The standard InChI is InChI=1S/C22H24Cl2N2O2/c1-14-5-3-4-6-18(14)15(2)25-22(28)26-11-9-16(10-12-26)21(27)17-7-8-19(23)20(24)13-17/h3-8,13,15-16H,9-12H2,1-2H3,(H,25,28). The van der Waals surface area contributed by atoms with Crippen LogP contribution < -0.4 is 5.32 Å². The van der Waals surface area contributed by atoms with Crippen molar-refractivity contribution < 1.29 is 9.59 Å². The van der Waals surface area contributed by atoms with E-state index in [1.54, 1.807) is 23.1 Å². The fourth-order valence-electron chi connectivity index (χ4n) is 3.66. The maximum atomic E-state index is 12.7. The number of Topliss-reactive ketones (excluding diaryl/α,β-unsaturated/α-hetero) is 1. The van der Waals surface area contributed by atoms with Crippen LogP contribution in [0.25, 0.3) is 0 Å². The lowest BCUT2D eigenvalue weighted by Crippen LogP contribution is -2.46. The van der Waals surface area contributed by atoms with Gasteiger partial charge in [-0.3, -0.25) is 4.79 Å². The minimum absolute atomic E-state index is 0.0619. The molecule has 0 saturated carbocycles. The van der Waals surface area contributed by atoms with Crippen molar-refractivity contribution in [2.75, 3.05) is 13.1 Å². The van der Waals surface area contributed by atoms with Gasteiger partial charge in [0.15, 0.2) is 5.78 Å². The lowest BCUT2D eigenvalue weighted by atomic mass is 9.89. The molecule has 0 aromatic heterocycles. The summed E-state index contributed by atoms with van der Waals surface area (Å²) in [6.07, 6.45) is 1.29. The van der Waals surface area contributed by atoms with Crippen molar-refractivity contribution >= 4 is 35.0 Å². The zero-order valence-corrected chi connectivity index (χ0v) is 17.6. The largest absolute Gasteiger partial charge is 0.331 e. The van der Waals surface area contributed by atoms with Crippen molar-refractivity contribution in [3.05, 3.63) is 69.2 Å². The predicted octanol–water partition coefficient (Wildman–Crippen LogP) is 5.67. The van der Waals surface area contributed by atoms with Gasteiger partial charge in [0.2, 0.25) is 0 Å². The number of rotatable bonds is 4. The van der Waals surface area contributed by atoms with Gasteiger partial charge in [0, 0.05) is 24.6 Å². The molecule has 1 aliphatic heterocycles. The van der Waals surface area contributed by atoms with E-state index in [0.717, 1.165) is 11.1 Å². The quantitative estimate of drug-likeness (QED) is 0.650. The molecule has 1 aliphatic rings. The van der Waals surface area contributed by atoms with Crippen LogP contribution in [0.5, 0.6) is 0 Å². The van der Waals surface area contributed by atoms with Gasteiger partial charge >= 0.3 is 6.03 Å². The summed E-state index contributed by atoms with van der Waals surface area (Å²) in [6, 6.07) is 12.9. The number of carbonyl (C=O) groups excluding carboxylic acids is 2. The number of hydrogen-bond donors (Lipinski definition) is 1. The first kappa shape index (κ1) is 20.7. The second-order valence-electron chi connectivity index (χ2n) is 7.28. The van der Waals surface area contributed by atoms with Crippen LogP contribution in [0.2, 0.25) is 10.0 Å². The number of nitrogens with zero attached hydrogens (tertiary/aromatic N) is 1. The highest BCUT2D eigenvalue weighted by molar-refractivity contribution is 6.42. The van der Waals surface area contributed by atoms with Gasteiger partial charge in [-0.05, 0) is 56.0 Å². The summed E-state index contributed by atoms with van der Waals surface area (Å²) in [5.74, 6) is -0.0398. The molecule has 3 rings (SSSR count). The van der Waals surface area contributed by atoms with E-state index < -0.39 is 0 Å². The van der Waals surface area contributed by atoms with E-state index in [1.165, 1.54) is 0 Å². The van der Waals surface area contributed by atoms with E-state index in [0.29, 0.717) is 41.5 Å². The van der Waals surface area contributed by atoms with Gasteiger partial charge in [-0.15, -0.1) is 0 Å². The Balaban J connectivity index is 1.56. The van der Waals surface area contributed by atoms with Gasteiger partial charge in [-0.2, -0.15) is 0 Å². The molecular weight excluding hydrogens is 395 g/mol. The van der Waals surface area contributed by atoms with Crippen molar-refractivity contribution in [1.29, 1.82) is 0 Å². The number of carbonyl (C=O) groups is 2. The summed E-state index contributed by atoms with van der Waals surface area (Å²) in [5, 5.41) is 3.89. The first-order chi connectivity index (χ1) is 13.4. The van der Waals surface area contributed by atoms with E-state index in [9.17, 15) is 9.59 Å². The molecule has 1 atom stereocenters. The molecule has 0 spiro atoms. The average molecular weight is 419 g/mol. The van der Waals surface area contributed by atoms with Gasteiger partial charge < -0.3 is 10.2 Å². The van der Waals surface area contributed by atoms with Crippen molar-refractivity contribution in [3.8, 4) is 0 Å². The zero-order chi connectivity index (χ0) is 20.3. The molecule has 2 aromatic rings. The smallest absolute Gasteiger partial charge is 0.317 e. The van der Waals surface area contributed by atoms with Crippen molar-refractivity contribution in [3.63, 3.8) is 0 Å². The molecule has 2 amide bonds. The number of amides is 2. The van der Waals surface area contributed by atoms with Crippen LogP contribution in [-0.4, -0.2) is 29.8 Å². The minimum atomic E-state index is -0.102. The van der Waals surface area contributed by atoms with Gasteiger partial charge in [-0.1, -0.05) is 47.5 Å². The second-order valence-corrected chi connectivity index (χ2v) is 8.10. The molecule has 1 saturated heterocycles. The number of piperidine rings is 1. The van der Waals surface area contributed by atoms with E-state index in [1.807, 2.05) is 38.1 Å². The Morgan fingerprint density at radius 1 is 1.07 bits per heavy atom. The number of aryl methyl sites for hydroxylation is 1. The van der Waals surface area contributed by atoms with E-state index >= 15 is 0 Å². The highest BCUT2D eigenvalue weighted by Crippen LogP contribution is 2.27. The van der Waals surface area contributed by atoms with Gasteiger partial charge in [0.05, 0.1) is 16.1 Å². The minimum Gasteiger partial charge on any atom is -0.331 e. The SMILES string of the molecule is Cc1ccccc1C(C)NC(=O)N1CCC(C(=O)c2ccc(Cl)c(Cl)c2)CC1. The molecular formula is C22H24Cl2N2O2. The third-order valence-corrected chi connectivity index (χ3v) is 6.09. The highest BCUT2D eigenvalue weighted by atomic mass is 35.5. The molecule has 148 valence electrons. The molecule has 0 aliphatic carbocycles. The van der Waals surface area contributed by atoms with Crippen molar-refractivity contribution in [2.24, 2.45) is 5.92 Å². The van der Waals surface area contributed by atoms with Crippen LogP contribution in [0, 0.1) is 12.8 Å². The Bertz CT molecular complexity index is 877. The molecule has 6 heteroatoms. The van der Waals surface area contributed by atoms with E-state index in [-0.39, 0.29) is 23.8 Å². The van der Waals surface area contributed by atoms with E-state index in [4.69, 9.17) is 23.2 Å². The summed E-state index contributed by atoms with van der Waals surface area (Å²) in [4.78, 5) is 27.1. The average Bonchev–Trinajstić information content (AvgIpc) is 2.70. The molecule has 2 aromatic carbocycles. The fourth-order valence-corrected chi connectivity index (χ4v) is 3.95. The lowest BCUT2D eigenvalue weighted by molar-refractivity contribution is 0.0853. The summed E-state index contributed by atoms with van der Waals surface area (Å²) in [5.41, 5.74) is 2.84. The highest BCUT2D eigenvalue weighted by Gasteiger charge is 2.28. The first-order valence-corrected chi connectivity index (χ1v) is 10.2. The summed E-state index contributed by atoms with van der Waals surface area (Å²) in [6.45, 7) is 5.15. The van der Waals surface area contributed by atoms with Gasteiger partial charge in [-0.25, -0.2) is 4.79 Å². The second kappa shape index (κ2) is 8.97. The number of likely N-dealkylation sites (tertiary alicyclic amines) is 1. The number of halogens is 2. The number of urea groups is 1. The topological polar surface area (TPSA) is 49.4 Å². The Morgan fingerprint density at radius 2 is 1.75 bits per heavy atom. The Hall–Kier alpha value is -2.04. The van der Waals surface area contributed by atoms with Crippen molar-refractivity contribution in [1.82, 2.24) is 10.2 Å². The molecule has 1 unspecified atom stereocenters. The molecule has 0 bridgehead atoms. The molecule has 4 nitrogen and oxygen atoms in total. The molecule has 1 heterocycles. The molecule has 28 heavy (non-hydrogen) atoms. The monoisotopic (exact) mass is 418 g/mol. The van der Waals surface area contributed by atoms with Gasteiger partial charge in [0.1, 0.15) is 0 Å². The maximum Gasteiger partial charge on any atom is 0.317 e. The third kappa shape index (κ3) is 4.68. The predicted molar refractivity (Wildman–Crippen MR) is 113 cm³/mol. The van der Waals surface area contributed by atoms with E-state index in [2.05, 4.69) is 5.32 Å². The summed E-state index contributed by atoms with van der Waals surface area (Å²) in [7, 11) is 0. The van der Waals surface area contributed by atoms with Crippen LogP contribution in [-0.2, 0) is 0 Å². The van der Waals surface area contributed by atoms with Crippen LogP contribution in [0.4, 0.5) is 4.79 Å². The molecule has 0 radical (unpaired) electrons. The number of hydrogen-bond acceptors (Lipinski definition) is 2. The fraction of sp³-hybridized carbons (Fsp3) is 0.364. The van der Waals surface area contributed by atoms with Crippen molar-refractivity contribution in [2.45, 2.75) is 32.7 Å². The number of nitrogens with one attached hydrogen (secondary N) is 1. The summed E-state index contributed by atoms with van der Waals surface area (Å²) >= 11 is 12.0. The summed E-state index contributed by atoms with van der Waals surface area (Å²) < 4.78 is 0. The first-order valence-electron chi connectivity index (χ1n) is 9.47. The maximum absolute atomic E-state index is 12.7. The number of benzene rings is 2.